The highest BCUT2D eigenvalue weighted by molar-refractivity contribution is 5.66. The van der Waals surface area contributed by atoms with Gasteiger partial charge in [0, 0.05) is 30.4 Å². The first-order valence-electron chi connectivity index (χ1n) is 5.97. The standard InChI is InChI=1S/C12H15N5O2/c1-8(5-11(18)19)7-17-12(14-15-16-17)10-3-4-13-9(2)6-10/h3-4,6,8H,5,7H2,1-2H3,(H,18,19). The SMILES string of the molecule is Cc1cc(-c2nnnn2CC(C)CC(=O)O)ccn1. The Labute approximate surface area is 110 Å². The highest BCUT2D eigenvalue weighted by Crippen LogP contribution is 2.17. The first kappa shape index (κ1) is 13.1. The van der Waals surface area contributed by atoms with Gasteiger partial charge in [-0.2, -0.15) is 0 Å². The van der Waals surface area contributed by atoms with Gasteiger partial charge in [0.25, 0.3) is 0 Å². The Kier molecular flexibility index (Phi) is 3.84. The average molecular weight is 261 g/mol. The molecule has 0 radical (unpaired) electrons. The van der Waals surface area contributed by atoms with Crippen molar-refractivity contribution >= 4 is 5.97 Å². The van der Waals surface area contributed by atoms with E-state index in [1.807, 2.05) is 26.0 Å². The van der Waals surface area contributed by atoms with Gasteiger partial charge in [-0.1, -0.05) is 6.92 Å². The number of carboxylic acids is 1. The Hall–Kier alpha value is -2.31. The highest BCUT2D eigenvalue weighted by Gasteiger charge is 2.14. The minimum Gasteiger partial charge on any atom is -0.481 e. The molecule has 19 heavy (non-hydrogen) atoms. The minimum atomic E-state index is -0.818. The van der Waals surface area contributed by atoms with E-state index in [0.29, 0.717) is 12.4 Å². The topological polar surface area (TPSA) is 93.8 Å². The second kappa shape index (κ2) is 5.55. The van der Waals surface area contributed by atoms with E-state index in [2.05, 4.69) is 20.5 Å². The molecule has 0 spiro atoms. The van der Waals surface area contributed by atoms with Gasteiger partial charge in [0.05, 0.1) is 0 Å². The van der Waals surface area contributed by atoms with Gasteiger partial charge in [-0.25, -0.2) is 4.68 Å². The molecule has 2 aromatic heterocycles. The van der Waals surface area contributed by atoms with Crippen LogP contribution in [0.4, 0.5) is 0 Å². The summed E-state index contributed by atoms with van der Waals surface area (Å²) in [7, 11) is 0. The number of aliphatic carboxylic acids is 1. The van der Waals surface area contributed by atoms with Crippen LogP contribution in [0.25, 0.3) is 11.4 Å². The maximum absolute atomic E-state index is 10.7. The third-order valence-corrected chi connectivity index (χ3v) is 2.69. The molecule has 7 heteroatoms. The Balaban J connectivity index is 2.20. The maximum Gasteiger partial charge on any atom is 0.303 e. The minimum absolute atomic E-state index is 0.0392. The summed E-state index contributed by atoms with van der Waals surface area (Å²) in [5.41, 5.74) is 1.76. The van der Waals surface area contributed by atoms with E-state index >= 15 is 0 Å². The van der Waals surface area contributed by atoms with E-state index in [-0.39, 0.29) is 12.3 Å². The molecule has 0 aliphatic heterocycles. The zero-order chi connectivity index (χ0) is 13.8. The van der Waals surface area contributed by atoms with Crippen LogP contribution in [-0.4, -0.2) is 36.3 Å². The lowest BCUT2D eigenvalue weighted by molar-refractivity contribution is -0.138. The van der Waals surface area contributed by atoms with Crippen LogP contribution >= 0.6 is 0 Å². The number of nitrogens with zero attached hydrogens (tertiary/aromatic N) is 5. The van der Waals surface area contributed by atoms with Gasteiger partial charge in [0.2, 0.25) is 0 Å². The third-order valence-electron chi connectivity index (χ3n) is 2.69. The summed E-state index contributed by atoms with van der Waals surface area (Å²) in [6.45, 7) is 4.22. The number of carbonyl (C=O) groups is 1. The number of rotatable bonds is 5. The fourth-order valence-corrected chi connectivity index (χ4v) is 1.88. The fourth-order valence-electron chi connectivity index (χ4n) is 1.88. The molecule has 1 atom stereocenters. The smallest absolute Gasteiger partial charge is 0.303 e. The zero-order valence-electron chi connectivity index (χ0n) is 10.8. The van der Waals surface area contributed by atoms with Gasteiger partial charge in [0.1, 0.15) is 0 Å². The van der Waals surface area contributed by atoms with Gasteiger partial charge < -0.3 is 5.11 Å². The van der Waals surface area contributed by atoms with Gasteiger partial charge >= 0.3 is 5.97 Å². The number of hydrogen-bond donors (Lipinski definition) is 1. The lowest BCUT2D eigenvalue weighted by Crippen LogP contribution is -2.14. The molecule has 0 aliphatic rings. The van der Waals surface area contributed by atoms with Crippen molar-refractivity contribution < 1.29 is 9.90 Å². The molecule has 0 bridgehead atoms. The molecule has 0 amide bonds. The molecule has 0 fully saturated rings. The fraction of sp³-hybridized carbons (Fsp3) is 0.417. The van der Waals surface area contributed by atoms with Crippen LogP contribution in [-0.2, 0) is 11.3 Å². The maximum atomic E-state index is 10.7. The zero-order valence-corrected chi connectivity index (χ0v) is 10.8. The molecular formula is C12H15N5O2. The summed E-state index contributed by atoms with van der Waals surface area (Å²) >= 11 is 0. The first-order chi connectivity index (χ1) is 9.06. The van der Waals surface area contributed by atoms with Crippen molar-refractivity contribution in [2.75, 3.05) is 0 Å². The Bertz CT molecular complexity index is 581. The predicted octanol–water partition coefficient (Wildman–Crippen LogP) is 1.15. The van der Waals surface area contributed by atoms with E-state index < -0.39 is 5.97 Å². The number of aromatic nitrogens is 5. The van der Waals surface area contributed by atoms with Crippen molar-refractivity contribution in [2.24, 2.45) is 5.92 Å². The van der Waals surface area contributed by atoms with E-state index in [1.165, 1.54) is 0 Å². The molecule has 0 aromatic carbocycles. The van der Waals surface area contributed by atoms with Gasteiger partial charge in [-0.05, 0) is 35.4 Å². The van der Waals surface area contributed by atoms with Crippen molar-refractivity contribution in [3.8, 4) is 11.4 Å². The van der Waals surface area contributed by atoms with Crippen LogP contribution in [0.1, 0.15) is 19.0 Å². The molecule has 100 valence electrons. The Morgan fingerprint density at radius 1 is 1.53 bits per heavy atom. The van der Waals surface area contributed by atoms with Crippen LogP contribution < -0.4 is 0 Å². The molecule has 0 aliphatic carbocycles. The highest BCUT2D eigenvalue weighted by atomic mass is 16.4. The van der Waals surface area contributed by atoms with Crippen molar-refractivity contribution in [3.63, 3.8) is 0 Å². The van der Waals surface area contributed by atoms with Gasteiger partial charge in [0.15, 0.2) is 5.82 Å². The molecule has 1 unspecified atom stereocenters. The molecule has 7 nitrogen and oxygen atoms in total. The Morgan fingerprint density at radius 3 is 3.00 bits per heavy atom. The van der Waals surface area contributed by atoms with Gasteiger partial charge in [-0.3, -0.25) is 9.78 Å². The van der Waals surface area contributed by atoms with E-state index in [1.54, 1.807) is 10.9 Å². The van der Waals surface area contributed by atoms with Gasteiger partial charge in [-0.15, -0.1) is 5.10 Å². The number of hydrogen-bond acceptors (Lipinski definition) is 5. The third kappa shape index (κ3) is 3.34. The molecule has 2 rings (SSSR count). The van der Waals surface area contributed by atoms with Crippen LogP contribution in [0.15, 0.2) is 18.3 Å². The first-order valence-corrected chi connectivity index (χ1v) is 5.97. The number of carboxylic acid groups (broad SMARTS) is 1. The summed E-state index contributed by atoms with van der Waals surface area (Å²) < 4.78 is 1.63. The van der Waals surface area contributed by atoms with Crippen molar-refractivity contribution in [1.82, 2.24) is 25.2 Å². The van der Waals surface area contributed by atoms with Crippen LogP contribution in [0.5, 0.6) is 0 Å². The monoisotopic (exact) mass is 261 g/mol. The van der Waals surface area contributed by atoms with E-state index in [0.717, 1.165) is 11.3 Å². The van der Waals surface area contributed by atoms with Crippen LogP contribution in [0, 0.1) is 12.8 Å². The molecule has 0 saturated heterocycles. The summed E-state index contributed by atoms with van der Waals surface area (Å²) in [5, 5.41) is 20.3. The Morgan fingerprint density at radius 2 is 2.32 bits per heavy atom. The van der Waals surface area contributed by atoms with E-state index in [4.69, 9.17) is 5.11 Å². The summed E-state index contributed by atoms with van der Waals surface area (Å²) in [4.78, 5) is 14.8. The number of aryl methyl sites for hydroxylation is 1. The van der Waals surface area contributed by atoms with Crippen molar-refractivity contribution in [1.29, 1.82) is 0 Å². The van der Waals surface area contributed by atoms with E-state index in [9.17, 15) is 4.79 Å². The number of tetrazole rings is 1. The summed E-state index contributed by atoms with van der Waals surface area (Å²) in [6, 6.07) is 3.72. The second-order valence-electron chi connectivity index (χ2n) is 4.57. The van der Waals surface area contributed by atoms with Crippen molar-refractivity contribution in [3.05, 3.63) is 24.0 Å². The summed E-state index contributed by atoms with van der Waals surface area (Å²) in [5.74, 6) is -0.229. The lowest BCUT2D eigenvalue weighted by Gasteiger charge is -2.10. The molecule has 2 heterocycles. The number of pyridine rings is 1. The second-order valence-corrected chi connectivity index (χ2v) is 4.57. The van der Waals surface area contributed by atoms with Crippen molar-refractivity contribution in [2.45, 2.75) is 26.8 Å². The average Bonchev–Trinajstić information content (AvgIpc) is 2.75. The predicted molar refractivity (Wildman–Crippen MR) is 67.2 cm³/mol. The molecular weight excluding hydrogens is 246 g/mol. The largest absolute Gasteiger partial charge is 0.481 e. The normalized spacial score (nSPS) is 12.3. The van der Waals surface area contributed by atoms with Crippen LogP contribution in [0.2, 0.25) is 0 Å². The lowest BCUT2D eigenvalue weighted by atomic mass is 10.1. The molecule has 0 saturated carbocycles. The van der Waals surface area contributed by atoms with Crippen LogP contribution in [0.3, 0.4) is 0 Å². The quantitative estimate of drug-likeness (QED) is 0.867. The molecule has 2 aromatic rings. The summed E-state index contributed by atoms with van der Waals surface area (Å²) in [6.07, 6.45) is 1.79. The molecule has 1 N–H and O–H groups in total.